The number of nitrogens with zero attached hydrogens (tertiary/aromatic N) is 1. The van der Waals surface area contributed by atoms with Crippen LogP contribution in [-0.2, 0) is 4.79 Å². The fraction of sp³-hybridized carbons (Fsp3) is 0.121. The zero-order valence-electron chi connectivity index (χ0n) is 20.1. The average Bonchev–Trinajstić information content (AvgIpc) is 3.25. The molecule has 6 aromatic carbocycles. The Balaban J connectivity index is 1.69. The summed E-state index contributed by atoms with van der Waals surface area (Å²) in [6.07, 6.45) is -0.166. The Hall–Kier alpha value is -4.21. The molecule has 3 heteroatoms. The van der Waals surface area contributed by atoms with Gasteiger partial charge in [0.1, 0.15) is 0 Å². The lowest BCUT2D eigenvalue weighted by Gasteiger charge is -2.33. The molecule has 1 amide bonds. The molecule has 0 radical (unpaired) electrons. The molecule has 0 bridgehead atoms. The molecule has 1 aliphatic rings. The van der Waals surface area contributed by atoms with E-state index in [9.17, 15) is 4.79 Å². The number of hydrogen-bond donors (Lipinski definition) is 1. The topological polar surface area (TPSA) is 32.3 Å². The lowest BCUT2D eigenvalue weighted by Crippen LogP contribution is -2.40. The number of likely N-dealkylation sites (N-methyl/N-ethyl adjacent to an activating group) is 1. The van der Waals surface area contributed by atoms with Crippen molar-refractivity contribution >= 4 is 49.0 Å². The summed E-state index contributed by atoms with van der Waals surface area (Å²) < 4.78 is 0. The van der Waals surface area contributed by atoms with Gasteiger partial charge in [0.25, 0.3) is 0 Å². The standard InChI is InChI=1S/C33H26N2O/c1-35-29(36)20-34-33(35)32(30-25-14-6-2-10-21(25)18-22-11-3-7-15-26(22)30)31-27-16-8-4-12-23(27)19-24-13-5-9-17-28(24)31/h2-19,32-34H,20H2,1H3/t33-/m1/s1. The van der Waals surface area contributed by atoms with Crippen LogP contribution >= 0.6 is 0 Å². The highest BCUT2D eigenvalue weighted by atomic mass is 16.2. The highest BCUT2D eigenvalue weighted by Gasteiger charge is 2.38. The maximum Gasteiger partial charge on any atom is 0.237 e. The van der Waals surface area contributed by atoms with Crippen molar-refractivity contribution in [3.63, 3.8) is 0 Å². The number of carbonyl (C=O) groups is 1. The molecule has 0 unspecified atom stereocenters. The van der Waals surface area contributed by atoms with Crippen LogP contribution in [0.15, 0.2) is 109 Å². The molecule has 6 aromatic rings. The highest BCUT2D eigenvalue weighted by molar-refractivity contribution is 6.07. The van der Waals surface area contributed by atoms with Gasteiger partial charge in [-0.2, -0.15) is 0 Å². The van der Waals surface area contributed by atoms with Crippen molar-refractivity contribution in [2.45, 2.75) is 12.1 Å². The van der Waals surface area contributed by atoms with Crippen LogP contribution in [0.25, 0.3) is 43.1 Å². The van der Waals surface area contributed by atoms with Crippen LogP contribution in [0.2, 0.25) is 0 Å². The van der Waals surface area contributed by atoms with Crippen LogP contribution < -0.4 is 5.32 Å². The number of carbonyl (C=O) groups excluding carboxylic acids is 1. The van der Waals surface area contributed by atoms with E-state index in [2.05, 4.69) is 115 Å². The zero-order chi connectivity index (χ0) is 24.2. The molecule has 0 aliphatic carbocycles. The van der Waals surface area contributed by atoms with E-state index in [0.29, 0.717) is 6.54 Å². The summed E-state index contributed by atoms with van der Waals surface area (Å²) in [6.45, 7) is 0.350. The van der Waals surface area contributed by atoms with E-state index in [1.807, 2.05) is 11.9 Å². The van der Waals surface area contributed by atoms with Gasteiger partial charge >= 0.3 is 0 Å². The summed E-state index contributed by atoms with van der Waals surface area (Å²) in [5, 5.41) is 13.4. The third kappa shape index (κ3) is 3.13. The van der Waals surface area contributed by atoms with Crippen LogP contribution in [0.4, 0.5) is 0 Å². The van der Waals surface area contributed by atoms with Gasteiger partial charge in [-0.25, -0.2) is 0 Å². The minimum Gasteiger partial charge on any atom is -0.328 e. The van der Waals surface area contributed by atoms with E-state index in [0.717, 1.165) is 0 Å². The van der Waals surface area contributed by atoms with Gasteiger partial charge in [0.05, 0.1) is 12.7 Å². The average molecular weight is 467 g/mol. The van der Waals surface area contributed by atoms with Gasteiger partial charge in [0, 0.05) is 13.0 Å². The summed E-state index contributed by atoms with van der Waals surface area (Å²) in [5.41, 5.74) is 2.54. The molecule has 174 valence electrons. The Morgan fingerprint density at radius 1 is 0.639 bits per heavy atom. The fourth-order valence-electron chi connectivity index (χ4n) is 6.18. The van der Waals surface area contributed by atoms with Crippen molar-refractivity contribution in [2.24, 2.45) is 0 Å². The SMILES string of the molecule is CN1C(=O)CN[C@H]1C(c1c2ccccc2cc2ccccc12)c1c2ccccc2cc2ccccc12. The minimum absolute atomic E-state index is 0.0755. The van der Waals surface area contributed by atoms with Gasteiger partial charge in [-0.15, -0.1) is 0 Å². The molecule has 1 atom stereocenters. The molecule has 1 fully saturated rings. The number of fused-ring (bicyclic) bond motifs is 4. The normalized spacial score (nSPS) is 16.2. The number of hydrogen-bond acceptors (Lipinski definition) is 2. The predicted molar refractivity (Wildman–Crippen MR) is 149 cm³/mol. The second kappa shape index (κ2) is 8.18. The molecule has 0 aromatic heterocycles. The van der Waals surface area contributed by atoms with Gasteiger partial charge < -0.3 is 4.90 Å². The molecule has 3 nitrogen and oxygen atoms in total. The largest absolute Gasteiger partial charge is 0.328 e. The Morgan fingerprint density at radius 2 is 1.00 bits per heavy atom. The van der Waals surface area contributed by atoms with Crippen LogP contribution in [0, 0.1) is 0 Å². The van der Waals surface area contributed by atoms with Crippen molar-refractivity contribution in [3.8, 4) is 0 Å². The summed E-state index contributed by atoms with van der Waals surface area (Å²) in [5.74, 6) is 0.0486. The molecule has 1 saturated heterocycles. The van der Waals surface area contributed by atoms with Gasteiger partial charge in [0.2, 0.25) is 5.91 Å². The number of amides is 1. The molecular weight excluding hydrogens is 440 g/mol. The molecule has 1 N–H and O–H groups in total. The molecular formula is C33H26N2O. The first-order valence-corrected chi connectivity index (χ1v) is 12.5. The van der Waals surface area contributed by atoms with Gasteiger partial charge in [-0.05, 0) is 66.3 Å². The van der Waals surface area contributed by atoms with Gasteiger partial charge in [-0.1, -0.05) is 97.1 Å². The number of benzene rings is 6. The Labute approximate surface area is 210 Å². The molecule has 1 heterocycles. The molecule has 1 aliphatic heterocycles. The maximum atomic E-state index is 12.9. The lowest BCUT2D eigenvalue weighted by molar-refractivity contribution is -0.126. The van der Waals surface area contributed by atoms with E-state index < -0.39 is 0 Å². The van der Waals surface area contributed by atoms with Gasteiger partial charge in [0.15, 0.2) is 0 Å². The Morgan fingerprint density at radius 3 is 1.33 bits per heavy atom. The van der Waals surface area contributed by atoms with Crippen molar-refractivity contribution in [1.29, 1.82) is 0 Å². The van der Waals surface area contributed by atoms with Crippen molar-refractivity contribution in [3.05, 3.63) is 120 Å². The summed E-state index contributed by atoms with van der Waals surface area (Å²) in [7, 11) is 1.93. The van der Waals surface area contributed by atoms with E-state index >= 15 is 0 Å². The first kappa shape index (κ1) is 21.1. The van der Waals surface area contributed by atoms with Crippen LogP contribution in [0.3, 0.4) is 0 Å². The first-order valence-electron chi connectivity index (χ1n) is 12.5. The fourth-order valence-corrected chi connectivity index (χ4v) is 6.18. The second-order valence-electron chi connectivity index (χ2n) is 9.77. The van der Waals surface area contributed by atoms with Crippen molar-refractivity contribution in [1.82, 2.24) is 10.2 Å². The maximum absolute atomic E-state index is 12.9. The summed E-state index contributed by atoms with van der Waals surface area (Å²) in [6, 6.07) is 39.2. The van der Waals surface area contributed by atoms with E-state index in [-0.39, 0.29) is 18.0 Å². The second-order valence-corrected chi connectivity index (χ2v) is 9.77. The molecule has 0 spiro atoms. The van der Waals surface area contributed by atoms with Crippen molar-refractivity contribution < 1.29 is 4.79 Å². The van der Waals surface area contributed by atoms with E-state index in [4.69, 9.17) is 0 Å². The first-order chi connectivity index (χ1) is 17.7. The van der Waals surface area contributed by atoms with Crippen LogP contribution in [-0.4, -0.2) is 30.6 Å². The highest BCUT2D eigenvalue weighted by Crippen LogP contribution is 2.45. The van der Waals surface area contributed by atoms with E-state index in [1.165, 1.54) is 54.2 Å². The quantitative estimate of drug-likeness (QED) is 0.290. The van der Waals surface area contributed by atoms with Crippen molar-refractivity contribution in [2.75, 3.05) is 13.6 Å². The zero-order valence-corrected chi connectivity index (χ0v) is 20.1. The summed E-state index contributed by atoms with van der Waals surface area (Å²) in [4.78, 5) is 14.8. The molecule has 36 heavy (non-hydrogen) atoms. The monoisotopic (exact) mass is 466 g/mol. The number of rotatable bonds is 3. The molecule has 7 rings (SSSR count). The minimum atomic E-state index is -0.166. The van der Waals surface area contributed by atoms with Gasteiger partial charge in [-0.3, -0.25) is 10.1 Å². The predicted octanol–water partition coefficient (Wildman–Crippen LogP) is 6.82. The van der Waals surface area contributed by atoms with Crippen LogP contribution in [0.5, 0.6) is 0 Å². The third-order valence-electron chi connectivity index (χ3n) is 7.84. The molecule has 0 saturated carbocycles. The number of nitrogens with one attached hydrogen (secondary N) is 1. The van der Waals surface area contributed by atoms with E-state index in [1.54, 1.807) is 0 Å². The smallest absolute Gasteiger partial charge is 0.237 e. The lowest BCUT2D eigenvalue weighted by atomic mass is 9.78. The summed E-state index contributed by atoms with van der Waals surface area (Å²) >= 11 is 0. The third-order valence-corrected chi connectivity index (χ3v) is 7.84. The Bertz CT molecular complexity index is 1580. The van der Waals surface area contributed by atoms with Crippen LogP contribution in [0.1, 0.15) is 17.0 Å². The Kier molecular flexibility index (Phi) is 4.80.